The van der Waals surface area contributed by atoms with Crippen LogP contribution < -0.4 is 5.32 Å². The van der Waals surface area contributed by atoms with Crippen molar-refractivity contribution in [2.45, 2.75) is 13.5 Å². The van der Waals surface area contributed by atoms with E-state index in [1.54, 1.807) is 0 Å². The largest absolute Gasteiger partial charge is 0.344 e. The summed E-state index contributed by atoms with van der Waals surface area (Å²) in [4.78, 5) is 11.9. The highest BCUT2D eigenvalue weighted by atomic mass is 32.1. The van der Waals surface area contributed by atoms with Crippen LogP contribution in [0, 0.1) is 12.7 Å². The predicted molar refractivity (Wildman–Crippen MR) is 79.8 cm³/mol. The summed E-state index contributed by atoms with van der Waals surface area (Å²) in [5.41, 5.74) is 0.948. The maximum absolute atomic E-state index is 13.6. The molecular formula is C14H12FN5OS. The van der Waals surface area contributed by atoms with Crippen LogP contribution in [0.5, 0.6) is 0 Å². The number of hydrogen-bond acceptors (Lipinski definition) is 5. The van der Waals surface area contributed by atoms with Crippen molar-refractivity contribution < 1.29 is 9.18 Å². The Morgan fingerprint density at radius 3 is 2.77 bits per heavy atom. The Labute approximate surface area is 129 Å². The van der Waals surface area contributed by atoms with Crippen molar-refractivity contribution in [2.75, 3.05) is 0 Å². The molecule has 0 radical (unpaired) electrons. The first kappa shape index (κ1) is 14.3. The molecule has 112 valence electrons. The molecule has 3 aromatic rings. The number of benzene rings is 1. The van der Waals surface area contributed by atoms with Gasteiger partial charge in [0.25, 0.3) is 5.91 Å². The number of nitrogens with one attached hydrogen (secondary N) is 2. The normalized spacial score (nSPS) is 10.6. The molecule has 22 heavy (non-hydrogen) atoms. The first-order valence-corrected chi connectivity index (χ1v) is 7.33. The van der Waals surface area contributed by atoms with E-state index in [0.29, 0.717) is 5.01 Å². The number of halogens is 1. The molecule has 3 rings (SSSR count). The van der Waals surface area contributed by atoms with Crippen LogP contribution in [0.15, 0.2) is 30.3 Å². The van der Waals surface area contributed by atoms with Crippen molar-refractivity contribution in [3.8, 4) is 10.6 Å². The molecule has 0 saturated heterocycles. The van der Waals surface area contributed by atoms with E-state index in [1.165, 1.54) is 18.3 Å². The molecule has 0 aliphatic rings. The average molecular weight is 317 g/mol. The summed E-state index contributed by atoms with van der Waals surface area (Å²) >= 11 is 1.37. The summed E-state index contributed by atoms with van der Waals surface area (Å²) in [6.07, 6.45) is 0. The quantitative estimate of drug-likeness (QED) is 0.773. The Morgan fingerprint density at radius 2 is 2.09 bits per heavy atom. The molecule has 0 fully saturated rings. The standard InChI is InChI=1S/C14H12FN5OS/c1-8-11(15)12(19-17-8)13(21)16-7-10-18-20-14(22-10)9-5-3-2-4-6-9/h2-6H,7H2,1H3,(H,16,21)(H,17,19). The van der Waals surface area contributed by atoms with Crippen LogP contribution in [0.2, 0.25) is 0 Å². The number of rotatable bonds is 4. The molecule has 0 bridgehead atoms. The smallest absolute Gasteiger partial charge is 0.275 e. The number of carbonyl (C=O) groups is 1. The Morgan fingerprint density at radius 1 is 1.32 bits per heavy atom. The fraction of sp³-hybridized carbons (Fsp3) is 0.143. The van der Waals surface area contributed by atoms with Gasteiger partial charge in [-0.05, 0) is 6.92 Å². The first-order chi connectivity index (χ1) is 10.6. The number of aryl methyl sites for hydroxylation is 1. The van der Waals surface area contributed by atoms with Crippen LogP contribution in [0.25, 0.3) is 10.6 Å². The van der Waals surface area contributed by atoms with Gasteiger partial charge in [-0.25, -0.2) is 4.39 Å². The van der Waals surface area contributed by atoms with Gasteiger partial charge in [-0.1, -0.05) is 41.7 Å². The van der Waals surface area contributed by atoms with E-state index in [1.807, 2.05) is 30.3 Å². The molecule has 0 aliphatic heterocycles. The van der Waals surface area contributed by atoms with Gasteiger partial charge in [-0.15, -0.1) is 10.2 Å². The van der Waals surface area contributed by atoms with Gasteiger partial charge in [0.1, 0.15) is 10.0 Å². The van der Waals surface area contributed by atoms with Crippen molar-refractivity contribution >= 4 is 17.2 Å². The lowest BCUT2D eigenvalue weighted by molar-refractivity contribution is 0.0941. The lowest BCUT2D eigenvalue weighted by Gasteiger charge is -1.99. The zero-order chi connectivity index (χ0) is 15.5. The lowest BCUT2D eigenvalue weighted by atomic mass is 10.2. The van der Waals surface area contributed by atoms with Gasteiger partial charge in [0.2, 0.25) is 0 Å². The minimum absolute atomic E-state index is 0.175. The lowest BCUT2D eigenvalue weighted by Crippen LogP contribution is -2.24. The van der Waals surface area contributed by atoms with Crippen LogP contribution in [0.1, 0.15) is 21.2 Å². The monoisotopic (exact) mass is 317 g/mol. The molecule has 0 atom stereocenters. The molecule has 0 aliphatic carbocycles. The zero-order valence-corrected chi connectivity index (χ0v) is 12.4. The number of hydrogen-bond donors (Lipinski definition) is 2. The molecule has 8 heteroatoms. The van der Waals surface area contributed by atoms with E-state index < -0.39 is 11.7 Å². The molecule has 0 saturated carbocycles. The third-order valence-electron chi connectivity index (χ3n) is 2.98. The summed E-state index contributed by atoms with van der Waals surface area (Å²) < 4.78 is 13.6. The molecule has 6 nitrogen and oxygen atoms in total. The molecule has 2 aromatic heterocycles. The number of carbonyl (C=O) groups excluding carboxylic acids is 1. The summed E-state index contributed by atoms with van der Waals surface area (Å²) in [5.74, 6) is -1.22. The van der Waals surface area contributed by atoms with Gasteiger partial charge < -0.3 is 5.32 Å². The fourth-order valence-electron chi connectivity index (χ4n) is 1.83. The summed E-state index contributed by atoms with van der Waals surface area (Å²) in [7, 11) is 0. The number of nitrogens with zero attached hydrogens (tertiary/aromatic N) is 3. The van der Waals surface area contributed by atoms with Crippen molar-refractivity contribution in [2.24, 2.45) is 0 Å². The highest BCUT2D eigenvalue weighted by molar-refractivity contribution is 7.14. The van der Waals surface area contributed by atoms with Crippen LogP contribution in [-0.4, -0.2) is 26.3 Å². The molecule has 0 spiro atoms. The van der Waals surface area contributed by atoms with Gasteiger partial charge in [0.15, 0.2) is 11.5 Å². The van der Waals surface area contributed by atoms with Crippen molar-refractivity contribution in [3.05, 3.63) is 52.5 Å². The molecular weight excluding hydrogens is 305 g/mol. The second-order valence-electron chi connectivity index (χ2n) is 4.56. The van der Waals surface area contributed by atoms with Crippen LogP contribution in [-0.2, 0) is 6.54 Å². The molecule has 1 amide bonds. The zero-order valence-electron chi connectivity index (χ0n) is 11.6. The highest BCUT2D eigenvalue weighted by Crippen LogP contribution is 2.22. The topological polar surface area (TPSA) is 83.6 Å². The summed E-state index contributed by atoms with van der Waals surface area (Å²) in [6.45, 7) is 1.69. The first-order valence-electron chi connectivity index (χ1n) is 6.51. The molecule has 0 unspecified atom stereocenters. The van der Waals surface area contributed by atoms with Crippen LogP contribution in [0.3, 0.4) is 0 Å². The Bertz CT molecular complexity index is 799. The SMILES string of the molecule is Cc1[nH]nc(C(=O)NCc2nnc(-c3ccccc3)s2)c1F. The third-order valence-corrected chi connectivity index (χ3v) is 3.95. The minimum Gasteiger partial charge on any atom is -0.344 e. The number of amides is 1. The van der Waals surface area contributed by atoms with Gasteiger partial charge in [0, 0.05) is 5.56 Å². The van der Waals surface area contributed by atoms with Crippen molar-refractivity contribution in [1.29, 1.82) is 0 Å². The van der Waals surface area contributed by atoms with E-state index in [2.05, 4.69) is 25.7 Å². The average Bonchev–Trinajstić information content (AvgIpc) is 3.14. The van der Waals surface area contributed by atoms with E-state index >= 15 is 0 Å². The third kappa shape index (κ3) is 2.86. The Kier molecular flexibility index (Phi) is 3.92. The number of aromatic amines is 1. The fourth-order valence-corrected chi connectivity index (χ4v) is 2.61. The summed E-state index contributed by atoms with van der Waals surface area (Å²) in [6, 6.07) is 9.63. The number of aromatic nitrogens is 4. The van der Waals surface area contributed by atoms with E-state index in [0.717, 1.165) is 10.6 Å². The molecule has 2 heterocycles. The predicted octanol–water partition coefficient (Wildman–Crippen LogP) is 2.31. The van der Waals surface area contributed by atoms with Crippen LogP contribution >= 0.6 is 11.3 Å². The molecule has 1 aromatic carbocycles. The van der Waals surface area contributed by atoms with Crippen LogP contribution in [0.4, 0.5) is 4.39 Å². The summed E-state index contributed by atoms with van der Waals surface area (Å²) in [5, 5.41) is 18.2. The van der Waals surface area contributed by atoms with E-state index in [4.69, 9.17) is 0 Å². The molecule has 2 N–H and O–H groups in total. The van der Waals surface area contributed by atoms with Gasteiger partial charge in [0.05, 0.1) is 12.2 Å². The van der Waals surface area contributed by atoms with Gasteiger partial charge >= 0.3 is 0 Å². The highest BCUT2D eigenvalue weighted by Gasteiger charge is 2.18. The second kappa shape index (κ2) is 6.02. The van der Waals surface area contributed by atoms with Gasteiger partial charge in [-0.3, -0.25) is 9.89 Å². The van der Waals surface area contributed by atoms with Crippen molar-refractivity contribution in [3.63, 3.8) is 0 Å². The second-order valence-corrected chi connectivity index (χ2v) is 5.62. The Balaban J connectivity index is 1.66. The van der Waals surface area contributed by atoms with E-state index in [-0.39, 0.29) is 17.9 Å². The van der Waals surface area contributed by atoms with Crippen molar-refractivity contribution in [1.82, 2.24) is 25.7 Å². The maximum Gasteiger partial charge on any atom is 0.275 e. The number of H-pyrrole nitrogens is 1. The maximum atomic E-state index is 13.6. The minimum atomic E-state index is -0.639. The Hall–Kier alpha value is -2.61. The van der Waals surface area contributed by atoms with Gasteiger partial charge in [-0.2, -0.15) is 5.10 Å². The van der Waals surface area contributed by atoms with E-state index in [9.17, 15) is 9.18 Å².